The van der Waals surface area contributed by atoms with Gasteiger partial charge < -0.3 is 15.4 Å². The van der Waals surface area contributed by atoms with Crippen molar-refractivity contribution in [2.75, 3.05) is 33.4 Å². The van der Waals surface area contributed by atoms with E-state index >= 15 is 0 Å². The predicted molar refractivity (Wildman–Crippen MR) is 109 cm³/mol. The molecular weight excluding hydrogens is 395 g/mol. The Bertz CT molecular complexity index is 624. The third-order valence-electron chi connectivity index (χ3n) is 5.85. The van der Waals surface area contributed by atoms with Gasteiger partial charge in [-0.05, 0) is 56.5 Å². The zero-order valence-corrected chi connectivity index (χ0v) is 17.4. The van der Waals surface area contributed by atoms with Crippen molar-refractivity contribution in [3.05, 3.63) is 33.8 Å². The van der Waals surface area contributed by atoms with Gasteiger partial charge in [0.05, 0.1) is 22.1 Å². The number of rotatable bonds is 6. The van der Waals surface area contributed by atoms with Crippen LogP contribution in [0.5, 0.6) is 0 Å². The Morgan fingerprint density at radius 1 is 1.19 bits per heavy atom. The van der Waals surface area contributed by atoms with Crippen LogP contribution in [0.3, 0.4) is 0 Å². The molecule has 1 aliphatic carbocycles. The van der Waals surface area contributed by atoms with Crippen molar-refractivity contribution in [3.8, 4) is 0 Å². The average molecular weight is 422 g/mol. The summed E-state index contributed by atoms with van der Waals surface area (Å²) in [6.07, 6.45) is 4.80. The number of carbonyl (C=O) groups is 1. The van der Waals surface area contributed by atoms with E-state index in [2.05, 4.69) is 10.6 Å². The fourth-order valence-electron chi connectivity index (χ4n) is 4.04. The standard InChI is InChI=1S/C19H26Cl2N2O2.ClH/c1-25-13-18(7-9-22-10-8-18)12-23-17(24)19(5-2-6-19)14-3-4-15(20)16(21)11-14;/h3-4,11,22H,2,5-10,12-13H2,1H3,(H,23,24);1H. The zero-order valence-electron chi connectivity index (χ0n) is 15.1. The molecule has 2 fully saturated rings. The molecule has 0 radical (unpaired) electrons. The molecule has 0 aromatic heterocycles. The molecular formula is C19H27Cl3N2O2. The number of halogens is 3. The van der Waals surface area contributed by atoms with Crippen LogP contribution in [0.15, 0.2) is 18.2 Å². The molecule has 1 aliphatic heterocycles. The lowest BCUT2D eigenvalue weighted by atomic mass is 9.63. The van der Waals surface area contributed by atoms with Gasteiger partial charge in [-0.1, -0.05) is 35.7 Å². The highest BCUT2D eigenvalue weighted by Gasteiger charge is 2.46. The first-order valence-corrected chi connectivity index (χ1v) is 9.70. The van der Waals surface area contributed by atoms with E-state index in [9.17, 15) is 4.79 Å². The molecule has 146 valence electrons. The Hall–Kier alpha value is -0.520. The maximum absolute atomic E-state index is 13.1. The van der Waals surface area contributed by atoms with E-state index in [1.807, 2.05) is 12.1 Å². The molecule has 0 unspecified atom stereocenters. The van der Waals surface area contributed by atoms with Crippen molar-refractivity contribution in [2.45, 2.75) is 37.5 Å². The van der Waals surface area contributed by atoms with E-state index in [0.717, 1.165) is 50.8 Å². The van der Waals surface area contributed by atoms with Crippen LogP contribution < -0.4 is 10.6 Å². The van der Waals surface area contributed by atoms with Gasteiger partial charge in [0.15, 0.2) is 0 Å². The zero-order chi connectivity index (χ0) is 17.9. The molecule has 2 N–H and O–H groups in total. The van der Waals surface area contributed by atoms with Crippen LogP contribution >= 0.6 is 35.6 Å². The Balaban J connectivity index is 0.00000243. The number of nitrogens with one attached hydrogen (secondary N) is 2. The summed E-state index contributed by atoms with van der Waals surface area (Å²) in [5.41, 5.74) is 0.532. The van der Waals surface area contributed by atoms with Crippen LogP contribution in [0.2, 0.25) is 10.0 Å². The maximum atomic E-state index is 13.1. The van der Waals surface area contributed by atoms with Gasteiger partial charge in [-0.2, -0.15) is 0 Å². The fraction of sp³-hybridized carbons (Fsp3) is 0.632. The number of methoxy groups -OCH3 is 1. The summed E-state index contributed by atoms with van der Waals surface area (Å²) in [6.45, 7) is 3.27. The smallest absolute Gasteiger partial charge is 0.230 e. The molecule has 1 saturated carbocycles. The second kappa shape index (κ2) is 9.11. The summed E-state index contributed by atoms with van der Waals surface area (Å²) >= 11 is 12.2. The largest absolute Gasteiger partial charge is 0.384 e. The molecule has 7 heteroatoms. The molecule has 26 heavy (non-hydrogen) atoms. The highest BCUT2D eigenvalue weighted by atomic mass is 35.5. The van der Waals surface area contributed by atoms with Crippen LogP contribution in [-0.4, -0.2) is 39.3 Å². The average Bonchev–Trinajstić information content (AvgIpc) is 2.56. The third-order valence-corrected chi connectivity index (χ3v) is 6.59. The molecule has 1 aromatic carbocycles. The van der Waals surface area contributed by atoms with Crippen LogP contribution in [0.1, 0.15) is 37.7 Å². The third kappa shape index (κ3) is 4.31. The van der Waals surface area contributed by atoms with Crippen molar-refractivity contribution in [2.24, 2.45) is 5.41 Å². The summed E-state index contributed by atoms with van der Waals surface area (Å²) in [7, 11) is 1.73. The molecule has 1 amide bonds. The molecule has 1 aromatic rings. The van der Waals surface area contributed by atoms with Gasteiger partial charge in [-0.15, -0.1) is 12.4 Å². The van der Waals surface area contributed by atoms with E-state index in [4.69, 9.17) is 27.9 Å². The second-order valence-electron chi connectivity index (χ2n) is 7.43. The number of carbonyl (C=O) groups excluding carboxylic acids is 1. The lowest BCUT2D eigenvalue weighted by Crippen LogP contribution is -2.53. The minimum Gasteiger partial charge on any atom is -0.384 e. The van der Waals surface area contributed by atoms with Gasteiger partial charge in [0, 0.05) is 19.1 Å². The van der Waals surface area contributed by atoms with Crippen molar-refractivity contribution in [1.29, 1.82) is 0 Å². The number of benzene rings is 1. The van der Waals surface area contributed by atoms with Gasteiger partial charge in [-0.3, -0.25) is 4.79 Å². The van der Waals surface area contributed by atoms with E-state index in [0.29, 0.717) is 23.2 Å². The van der Waals surface area contributed by atoms with Crippen LogP contribution in [0, 0.1) is 5.41 Å². The number of hydrogen-bond donors (Lipinski definition) is 2. The first kappa shape index (κ1) is 21.8. The van der Waals surface area contributed by atoms with Gasteiger partial charge in [0.2, 0.25) is 5.91 Å². The monoisotopic (exact) mass is 420 g/mol. The lowest BCUT2D eigenvalue weighted by Gasteiger charge is -2.43. The summed E-state index contributed by atoms with van der Waals surface area (Å²) in [5.74, 6) is 0.103. The second-order valence-corrected chi connectivity index (χ2v) is 8.24. The topological polar surface area (TPSA) is 50.4 Å². The Morgan fingerprint density at radius 3 is 2.42 bits per heavy atom. The van der Waals surface area contributed by atoms with Crippen LogP contribution in [0.25, 0.3) is 0 Å². The molecule has 0 bridgehead atoms. The van der Waals surface area contributed by atoms with Crippen molar-refractivity contribution in [3.63, 3.8) is 0 Å². The van der Waals surface area contributed by atoms with E-state index in [-0.39, 0.29) is 23.7 Å². The Kier molecular flexibility index (Phi) is 7.63. The molecule has 0 atom stereocenters. The van der Waals surface area contributed by atoms with Gasteiger partial charge in [0.1, 0.15) is 0 Å². The minimum atomic E-state index is -0.463. The highest BCUT2D eigenvalue weighted by Crippen LogP contribution is 2.45. The molecule has 0 spiro atoms. The quantitative estimate of drug-likeness (QED) is 0.731. The molecule has 2 aliphatic rings. The maximum Gasteiger partial charge on any atom is 0.230 e. The Labute approximate surface area is 171 Å². The first-order valence-electron chi connectivity index (χ1n) is 8.95. The predicted octanol–water partition coefficient (Wildman–Crippen LogP) is 3.97. The van der Waals surface area contributed by atoms with E-state index in [1.54, 1.807) is 13.2 Å². The van der Waals surface area contributed by atoms with Gasteiger partial charge in [0.25, 0.3) is 0 Å². The van der Waals surface area contributed by atoms with Crippen molar-refractivity contribution in [1.82, 2.24) is 10.6 Å². The molecule has 3 rings (SSSR count). The summed E-state index contributed by atoms with van der Waals surface area (Å²) in [6, 6.07) is 5.56. The van der Waals surface area contributed by atoms with Gasteiger partial charge >= 0.3 is 0 Å². The normalized spacial score (nSPS) is 20.6. The number of piperidine rings is 1. The number of ether oxygens (including phenoxy) is 1. The SMILES string of the molecule is COCC1(CNC(=O)C2(c3ccc(Cl)c(Cl)c3)CCC2)CCNCC1.Cl. The van der Waals surface area contributed by atoms with E-state index < -0.39 is 5.41 Å². The molecule has 1 heterocycles. The fourth-order valence-corrected chi connectivity index (χ4v) is 4.34. The van der Waals surface area contributed by atoms with Crippen LogP contribution in [-0.2, 0) is 14.9 Å². The minimum absolute atomic E-state index is 0. The number of hydrogen-bond acceptors (Lipinski definition) is 3. The lowest BCUT2D eigenvalue weighted by molar-refractivity contribution is -0.130. The Morgan fingerprint density at radius 2 is 1.88 bits per heavy atom. The summed E-state index contributed by atoms with van der Waals surface area (Å²) < 4.78 is 5.45. The molecule has 1 saturated heterocycles. The number of amides is 1. The van der Waals surface area contributed by atoms with Crippen molar-refractivity contribution >= 4 is 41.5 Å². The van der Waals surface area contributed by atoms with Crippen molar-refractivity contribution < 1.29 is 9.53 Å². The summed E-state index contributed by atoms with van der Waals surface area (Å²) in [4.78, 5) is 13.1. The van der Waals surface area contributed by atoms with Gasteiger partial charge in [-0.25, -0.2) is 0 Å². The molecule has 4 nitrogen and oxygen atoms in total. The highest BCUT2D eigenvalue weighted by molar-refractivity contribution is 6.42. The van der Waals surface area contributed by atoms with E-state index in [1.165, 1.54) is 0 Å². The van der Waals surface area contributed by atoms with Crippen LogP contribution in [0.4, 0.5) is 0 Å². The summed E-state index contributed by atoms with van der Waals surface area (Å²) in [5, 5.41) is 7.64. The first-order chi connectivity index (χ1) is 12.0.